The molecular weight excluding hydrogens is 402 g/mol. The molecule has 6 nitrogen and oxygen atoms in total. The van der Waals surface area contributed by atoms with Gasteiger partial charge in [-0.1, -0.05) is 29.8 Å². The van der Waals surface area contributed by atoms with E-state index >= 15 is 0 Å². The molecular formula is C20H17ClF2N4O2. The number of aliphatic hydroxyl groups excluding tert-OH is 1. The van der Waals surface area contributed by atoms with E-state index in [0.717, 1.165) is 17.8 Å². The zero-order valence-electron chi connectivity index (χ0n) is 15.0. The van der Waals surface area contributed by atoms with Gasteiger partial charge in [0.2, 0.25) is 0 Å². The number of anilines is 3. The van der Waals surface area contributed by atoms with Gasteiger partial charge in [-0.3, -0.25) is 10.2 Å². The van der Waals surface area contributed by atoms with Crippen LogP contribution in [0.25, 0.3) is 0 Å². The Morgan fingerprint density at radius 1 is 1.10 bits per heavy atom. The molecule has 2 aromatic carbocycles. The fraction of sp³-hybridized carbons (Fsp3) is 0.100. The van der Waals surface area contributed by atoms with Gasteiger partial charge in [0.25, 0.3) is 5.56 Å². The van der Waals surface area contributed by atoms with Gasteiger partial charge in [-0.2, -0.15) is 0 Å². The maximum absolute atomic E-state index is 14.1. The van der Waals surface area contributed by atoms with Crippen LogP contribution in [-0.2, 0) is 0 Å². The number of rotatable bonds is 7. The van der Waals surface area contributed by atoms with Crippen LogP contribution in [0.5, 0.6) is 0 Å². The number of pyridine rings is 1. The molecule has 0 saturated carbocycles. The van der Waals surface area contributed by atoms with Crippen LogP contribution < -0.4 is 16.2 Å². The molecule has 0 fully saturated rings. The Morgan fingerprint density at radius 2 is 1.76 bits per heavy atom. The lowest BCUT2D eigenvalue weighted by Crippen LogP contribution is -2.21. The highest BCUT2D eigenvalue weighted by atomic mass is 35.5. The van der Waals surface area contributed by atoms with Gasteiger partial charge in [0.15, 0.2) is 0 Å². The van der Waals surface area contributed by atoms with Crippen molar-refractivity contribution in [2.45, 2.75) is 0 Å². The summed E-state index contributed by atoms with van der Waals surface area (Å²) in [5.74, 6) is -1.73. The topological polar surface area (TPSA) is 101 Å². The molecule has 0 bridgehead atoms. The van der Waals surface area contributed by atoms with E-state index in [-0.39, 0.29) is 28.6 Å². The minimum atomic E-state index is -0.863. The van der Waals surface area contributed by atoms with Crippen LogP contribution in [0.2, 0.25) is 5.02 Å². The summed E-state index contributed by atoms with van der Waals surface area (Å²) in [6, 6.07) is 9.92. The molecule has 0 amide bonds. The van der Waals surface area contributed by atoms with Crippen molar-refractivity contribution in [1.29, 1.82) is 5.41 Å². The van der Waals surface area contributed by atoms with E-state index < -0.39 is 22.9 Å². The third-order valence-corrected chi connectivity index (χ3v) is 4.42. The number of benzene rings is 2. The quantitative estimate of drug-likeness (QED) is 0.376. The molecule has 0 saturated heterocycles. The van der Waals surface area contributed by atoms with Gasteiger partial charge in [-0.15, -0.1) is 0 Å². The van der Waals surface area contributed by atoms with Crippen molar-refractivity contribution in [3.63, 3.8) is 0 Å². The molecule has 150 valence electrons. The van der Waals surface area contributed by atoms with Crippen molar-refractivity contribution >= 4 is 34.4 Å². The van der Waals surface area contributed by atoms with Crippen LogP contribution in [0.4, 0.5) is 25.8 Å². The van der Waals surface area contributed by atoms with Crippen molar-refractivity contribution < 1.29 is 13.9 Å². The molecule has 0 spiro atoms. The molecule has 1 heterocycles. The first-order valence-corrected chi connectivity index (χ1v) is 8.96. The Kier molecular flexibility index (Phi) is 6.26. The minimum absolute atomic E-state index is 0.00626. The van der Waals surface area contributed by atoms with Gasteiger partial charge in [-0.05, 0) is 24.3 Å². The molecule has 0 radical (unpaired) electrons. The van der Waals surface area contributed by atoms with E-state index in [1.54, 1.807) is 24.3 Å². The first-order valence-electron chi connectivity index (χ1n) is 8.58. The number of H-pyrrole nitrogens is 1. The van der Waals surface area contributed by atoms with Gasteiger partial charge < -0.3 is 20.7 Å². The summed E-state index contributed by atoms with van der Waals surface area (Å²) in [7, 11) is 0. The summed E-state index contributed by atoms with van der Waals surface area (Å²) in [5, 5.41) is 22.8. The predicted molar refractivity (Wildman–Crippen MR) is 110 cm³/mol. The molecule has 0 atom stereocenters. The SMILES string of the molecule is N=C(c1ccc(NCCO)cc1)c1c(Nc2c(F)cccc2F)c(Cl)c[nH]c1=O. The standard InChI is InChI=1S/C20H17ClF2N4O2/c21-13-10-26-20(29)16(18(13)27-19-14(22)2-1-3-15(19)23)17(24)11-4-6-12(7-5-11)25-8-9-28/h1-7,10,24-25,28H,8-9H2,(H2,26,27,29). The lowest BCUT2D eigenvalue weighted by Gasteiger charge is -2.15. The summed E-state index contributed by atoms with van der Waals surface area (Å²) in [5.41, 5.74) is -0.407. The predicted octanol–water partition coefficient (Wildman–Crippen LogP) is 3.87. The minimum Gasteiger partial charge on any atom is -0.395 e. The Hall–Kier alpha value is -3.23. The Balaban J connectivity index is 2.02. The number of nitrogens with one attached hydrogen (secondary N) is 4. The normalized spacial score (nSPS) is 10.6. The van der Waals surface area contributed by atoms with Crippen molar-refractivity contribution in [2.24, 2.45) is 0 Å². The van der Waals surface area contributed by atoms with Gasteiger partial charge in [0, 0.05) is 24.0 Å². The molecule has 3 aromatic rings. The second-order valence-electron chi connectivity index (χ2n) is 6.04. The van der Waals surface area contributed by atoms with E-state index in [2.05, 4.69) is 15.6 Å². The number of hydrogen-bond donors (Lipinski definition) is 5. The largest absolute Gasteiger partial charge is 0.395 e. The molecule has 3 rings (SSSR count). The Morgan fingerprint density at radius 3 is 2.38 bits per heavy atom. The second kappa shape index (κ2) is 8.85. The van der Waals surface area contributed by atoms with Gasteiger partial charge in [0.1, 0.15) is 17.3 Å². The molecule has 9 heteroatoms. The van der Waals surface area contributed by atoms with E-state index in [9.17, 15) is 13.6 Å². The number of halogens is 3. The second-order valence-corrected chi connectivity index (χ2v) is 6.45. The van der Waals surface area contributed by atoms with Crippen LogP contribution >= 0.6 is 11.6 Å². The number of aromatic amines is 1. The van der Waals surface area contributed by atoms with Crippen LogP contribution in [0.15, 0.2) is 53.5 Å². The summed E-state index contributed by atoms with van der Waals surface area (Å²) < 4.78 is 28.1. The first-order chi connectivity index (χ1) is 13.9. The summed E-state index contributed by atoms with van der Waals surface area (Å²) >= 11 is 6.16. The van der Waals surface area contributed by atoms with Crippen molar-refractivity contribution in [3.05, 3.63) is 86.8 Å². The molecule has 5 N–H and O–H groups in total. The van der Waals surface area contributed by atoms with E-state index in [1.165, 1.54) is 12.3 Å². The lowest BCUT2D eigenvalue weighted by molar-refractivity contribution is 0.311. The number of aliphatic hydroxyl groups is 1. The van der Waals surface area contributed by atoms with Gasteiger partial charge in [-0.25, -0.2) is 8.78 Å². The van der Waals surface area contributed by atoms with Gasteiger partial charge >= 0.3 is 0 Å². The van der Waals surface area contributed by atoms with Gasteiger partial charge in [0.05, 0.1) is 28.6 Å². The molecule has 29 heavy (non-hydrogen) atoms. The summed E-state index contributed by atoms with van der Waals surface area (Å²) in [6.45, 7) is 0.337. The monoisotopic (exact) mass is 418 g/mol. The average Bonchev–Trinajstić information content (AvgIpc) is 2.71. The number of para-hydroxylation sites is 1. The first kappa shape index (κ1) is 20.5. The average molecular weight is 419 g/mol. The Labute approximate surface area is 169 Å². The zero-order chi connectivity index (χ0) is 21.0. The van der Waals surface area contributed by atoms with Crippen LogP contribution in [0, 0.1) is 17.0 Å². The summed E-state index contributed by atoms with van der Waals surface area (Å²) in [6.07, 6.45) is 1.18. The number of hydrogen-bond acceptors (Lipinski definition) is 5. The van der Waals surface area contributed by atoms with Crippen molar-refractivity contribution in [2.75, 3.05) is 23.8 Å². The molecule has 1 aromatic heterocycles. The zero-order valence-corrected chi connectivity index (χ0v) is 15.8. The van der Waals surface area contributed by atoms with E-state index in [0.29, 0.717) is 12.1 Å². The van der Waals surface area contributed by atoms with Crippen molar-refractivity contribution in [3.8, 4) is 0 Å². The third kappa shape index (κ3) is 4.44. The smallest absolute Gasteiger partial charge is 0.259 e. The van der Waals surface area contributed by atoms with Crippen LogP contribution in [0.3, 0.4) is 0 Å². The lowest BCUT2D eigenvalue weighted by atomic mass is 10.0. The third-order valence-electron chi connectivity index (χ3n) is 4.12. The molecule has 0 aliphatic heterocycles. The van der Waals surface area contributed by atoms with Crippen LogP contribution in [-0.4, -0.2) is 29.0 Å². The number of aromatic nitrogens is 1. The van der Waals surface area contributed by atoms with Crippen molar-refractivity contribution in [1.82, 2.24) is 4.98 Å². The van der Waals surface area contributed by atoms with Crippen LogP contribution in [0.1, 0.15) is 11.1 Å². The highest BCUT2D eigenvalue weighted by Crippen LogP contribution is 2.30. The highest BCUT2D eigenvalue weighted by molar-refractivity contribution is 6.34. The molecule has 0 aliphatic carbocycles. The molecule has 0 unspecified atom stereocenters. The maximum atomic E-state index is 14.1. The molecule has 0 aliphatic rings. The fourth-order valence-corrected chi connectivity index (χ4v) is 2.90. The maximum Gasteiger partial charge on any atom is 0.259 e. The highest BCUT2D eigenvalue weighted by Gasteiger charge is 2.20. The fourth-order valence-electron chi connectivity index (χ4n) is 2.71. The Bertz CT molecular complexity index is 1080. The van der Waals surface area contributed by atoms with E-state index in [4.69, 9.17) is 22.1 Å². The summed E-state index contributed by atoms with van der Waals surface area (Å²) in [4.78, 5) is 14.9. The van der Waals surface area contributed by atoms with E-state index in [1.807, 2.05) is 0 Å².